The molecule has 2 aromatic rings. The van der Waals surface area contributed by atoms with Crippen LogP contribution < -0.4 is 11.4 Å². The van der Waals surface area contributed by atoms with Gasteiger partial charge in [0.1, 0.15) is 0 Å². The summed E-state index contributed by atoms with van der Waals surface area (Å²) in [6, 6.07) is 6.44. The Bertz CT molecular complexity index is 816. The summed E-state index contributed by atoms with van der Waals surface area (Å²) < 4.78 is 28.7. The first-order valence-corrected chi connectivity index (χ1v) is 7.60. The van der Waals surface area contributed by atoms with Gasteiger partial charge in [-0.1, -0.05) is 19.1 Å². The second-order valence-electron chi connectivity index (χ2n) is 4.06. The number of sulfone groups is 1. The van der Waals surface area contributed by atoms with Crippen molar-refractivity contribution in [3.63, 3.8) is 0 Å². The van der Waals surface area contributed by atoms with Crippen LogP contribution in [0, 0.1) is 0 Å². The third kappa shape index (κ3) is 2.76. The smallest absolute Gasteiger partial charge is 0.372 e. The molecule has 102 valence electrons. The number of hydrogen-bond donors (Lipinski definition) is 0. The lowest BCUT2D eigenvalue weighted by atomic mass is 10.2. The Balaban J connectivity index is 2.55. The van der Waals surface area contributed by atoms with E-state index in [9.17, 15) is 18.0 Å². The molecule has 2 rings (SSSR count). The van der Waals surface area contributed by atoms with Gasteiger partial charge in [-0.2, -0.15) is 0 Å². The lowest BCUT2D eigenvalue weighted by Crippen LogP contribution is -2.28. The minimum absolute atomic E-state index is 0.0104. The van der Waals surface area contributed by atoms with Gasteiger partial charge in [0.15, 0.2) is 9.84 Å². The van der Waals surface area contributed by atoms with Gasteiger partial charge in [0, 0.05) is 12.3 Å². The van der Waals surface area contributed by atoms with Crippen molar-refractivity contribution in [2.75, 3.05) is 11.5 Å². The van der Waals surface area contributed by atoms with Crippen molar-refractivity contribution in [3.05, 3.63) is 45.2 Å². The predicted molar refractivity (Wildman–Crippen MR) is 71.1 cm³/mol. The highest BCUT2D eigenvalue weighted by Crippen LogP contribution is 2.07. The highest BCUT2D eigenvalue weighted by Gasteiger charge is 2.12. The molecule has 0 saturated carbocycles. The summed E-state index contributed by atoms with van der Waals surface area (Å²) >= 11 is 0. The first-order chi connectivity index (χ1) is 8.94. The molecule has 0 aliphatic carbocycles. The second-order valence-corrected chi connectivity index (χ2v) is 6.53. The van der Waals surface area contributed by atoms with Gasteiger partial charge in [-0.25, -0.2) is 18.0 Å². The molecule has 0 amide bonds. The van der Waals surface area contributed by atoms with Gasteiger partial charge < -0.3 is 4.42 Å². The molecule has 0 radical (unpaired) electrons. The SMILES string of the molecule is CCS(=O)(=O)CCn1c(=O)oc(=O)c2ccccc21. The minimum Gasteiger partial charge on any atom is -0.372 e. The third-order valence-corrected chi connectivity index (χ3v) is 4.57. The van der Waals surface area contributed by atoms with E-state index in [0.29, 0.717) is 5.52 Å². The number of nitrogens with zero attached hydrogens (tertiary/aromatic N) is 1. The normalized spacial score (nSPS) is 11.8. The molecule has 0 unspecified atom stereocenters. The third-order valence-electron chi connectivity index (χ3n) is 2.88. The number of aromatic nitrogens is 1. The lowest BCUT2D eigenvalue weighted by molar-refractivity contribution is 0.421. The highest BCUT2D eigenvalue weighted by atomic mass is 32.2. The van der Waals surface area contributed by atoms with E-state index in [-0.39, 0.29) is 23.4 Å². The predicted octanol–water partition coefficient (Wildman–Crippen LogP) is 0.389. The molecule has 0 spiro atoms. The van der Waals surface area contributed by atoms with E-state index in [4.69, 9.17) is 0 Å². The fourth-order valence-electron chi connectivity index (χ4n) is 1.76. The Morgan fingerprint density at radius 2 is 1.89 bits per heavy atom. The number of benzene rings is 1. The summed E-state index contributed by atoms with van der Waals surface area (Å²) in [5.74, 6) is -0.993. The Kier molecular flexibility index (Phi) is 3.57. The zero-order valence-electron chi connectivity index (χ0n) is 10.3. The van der Waals surface area contributed by atoms with Gasteiger partial charge in [-0.05, 0) is 12.1 Å². The number of aryl methyl sites for hydroxylation is 1. The van der Waals surface area contributed by atoms with Gasteiger partial charge in [0.05, 0.1) is 16.7 Å². The van der Waals surface area contributed by atoms with Crippen LogP contribution in [0.25, 0.3) is 10.9 Å². The van der Waals surface area contributed by atoms with Gasteiger partial charge >= 0.3 is 11.4 Å². The van der Waals surface area contributed by atoms with E-state index in [1.807, 2.05) is 0 Å². The van der Waals surface area contributed by atoms with Crippen molar-refractivity contribution in [1.82, 2.24) is 4.57 Å². The molecule has 1 heterocycles. The summed E-state index contributed by atoms with van der Waals surface area (Å²) in [4.78, 5) is 23.2. The molecule has 0 bridgehead atoms. The van der Waals surface area contributed by atoms with Crippen LogP contribution in [-0.4, -0.2) is 24.5 Å². The highest BCUT2D eigenvalue weighted by molar-refractivity contribution is 7.91. The summed E-state index contributed by atoms with van der Waals surface area (Å²) in [5, 5.41) is 0.260. The van der Waals surface area contributed by atoms with E-state index in [1.54, 1.807) is 25.1 Å². The molecule has 6 nitrogen and oxygen atoms in total. The first kappa shape index (κ1) is 13.5. The molecule has 0 aliphatic rings. The van der Waals surface area contributed by atoms with Crippen LogP contribution in [0.4, 0.5) is 0 Å². The molecule has 0 saturated heterocycles. The van der Waals surface area contributed by atoms with Crippen molar-refractivity contribution >= 4 is 20.7 Å². The summed E-state index contributed by atoms with van der Waals surface area (Å²) in [7, 11) is -3.19. The van der Waals surface area contributed by atoms with Gasteiger partial charge in [0.2, 0.25) is 0 Å². The van der Waals surface area contributed by atoms with Gasteiger partial charge in [0.25, 0.3) is 0 Å². The Morgan fingerprint density at radius 1 is 1.21 bits per heavy atom. The monoisotopic (exact) mass is 283 g/mol. The number of para-hydroxylation sites is 1. The molecule has 19 heavy (non-hydrogen) atoms. The molecular weight excluding hydrogens is 270 g/mol. The minimum atomic E-state index is -3.19. The maximum Gasteiger partial charge on any atom is 0.422 e. The molecular formula is C12H13NO5S. The van der Waals surface area contributed by atoms with Gasteiger partial charge in [-0.15, -0.1) is 0 Å². The van der Waals surface area contributed by atoms with Crippen LogP contribution in [-0.2, 0) is 16.4 Å². The van der Waals surface area contributed by atoms with Crippen molar-refractivity contribution < 1.29 is 12.8 Å². The quantitative estimate of drug-likeness (QED) is 0.810. The van der Waals surface area contributed by atoms with E-state index in [0.717, 1.165) is 0 Å². The second kappa shape index (κ2) is 5.00. The van der Waals surface area contributed by atoms with E-state index in [1.165, 1.54) is 10.6 Å². The number of rotatable bonds is 4. The van der Waals surface area contributed by atoms with Crippen LogP contribution in [0.15, 0.2) is 38.3 Å². The fraction of sp³-hybridized carbons (Fsp3) is 0.333. The standard InChI is InChI=1S/C12H13NO5S/c1-2-19(16,17)8-7-13-10-6-4-3-5-9(10)11(14)18-12(13)15/h3-6H,2,7-8H2,1H3. The Hall–Kier alpha value is -1.89. The maximum absolute atomic E-state index is 11.7. The average molecular weight is 283 g/mol. The Morgan fingerprint density at radius 3 is 2.58 bits per heavy atom. The van der Waals surface area contributed by atoms with Crippen LogP contribution >= 0.6 is 0 Å². The number of hydrogen-bond acceptors (Lipinski definition) is 5. The molecule has 0 aliphatic heterocycles. The number of fused-ring (bicyclic) bond motifs is 1. The van der Waals surface area contributed by atoms with Gasteiger partial charge in [-0.3, -0.25) is 4.57 Å². The zero-order valence-corrected chi connectivity index (χ0v) is 11.1. The largest absolute Gasteiger partial charge is 0.422 e. The molecule has 7 heteroatoms. The van der Waals surface area contributed by atoms with Crippen LogP contribution in [0.5, 0.6) is 0 Å². The average Bonchev–Trinajstić information content (AvgIpc) is 2.38. The van der Waals surface area contributed by atoms with Crippen LogP contribution in [0.2, 0.25) is 0 Å². The summed E-state index contributed by atoms with van der Waals surface area (Å²) in [6.45, 7) is 1.51. The topological polar surface area (TPSA) is 86.3 Å². The van der Waals surface area contributed by atoms with Crippen molar-refractivity contribution in [3.8, 4) is 0 Å². The fourth-order valence-corrected chi connectivity index (χ4v) is 2.51. The summed E-state index contributed by atoms with van der Waals surface area (Å²) in [6.07, 6.45) is 0. The van der Waals surface area contributed by atoms with Crippen molar-refractivity contribution in [2.24, 2.45) is 0 Å². The summed E-state index contributed by atoms with van der Waals surface area (Å²) in [5.41, 5.74) is -0.328. The van der Waals surface area contributed by atoms with Crippen LogP contribution in [0.3, 0.4) is 0 Å². The van der Waals surface area contributed by atoms with Crippen molar-refractivity contribution in [1.29, 1.82) is 0 Å². The molecule has 1 aromatic heterocycles. The lowest BCUT2D eigenvalue weighted by Gasteiger charge is -2.07. The van der Waals surface area contributed by atoms with Crippen molar-refractivity contribution in [2.45, 2.75) is 13.5 Å². The maximum atomic E-state index is 11.7. The zero-order chi connectivity index (χ0) is 14.0. The van der Waals surface area contributed by atoms with E-state index < -0.39 is 21.2 Å². The molecule has 0 fully saturated rings. The Labute approximate surface area is 109 Å². The first-order valence-electron chi connectivity index (χ1n) is 5.78. The molecule has 0 N–H and O–H groups in total. The molecule has 0 atom stereocenters. The van der Waals surface area contributed by atoms with Crippen LogP contribution in [0.1, 0.15) is 6.92 Å². The van der Waals surface area contributed by atoms with E-state index in [2.05, 4.69) is 4.42 Å². The van der Waals surface area contributed by atoms with E-state index >= 15 is 0 Å². The molecule has 1 aromatic carbocycles.